The first-order valence-corrected chi connectivity index (χ1v) is 7.82. The first-order valence-electron chi connectivity index (χ1n) is 7.82. The molecule has 2 heteroatoms. The quantitative estimate of drug-likeness (QED) is 0.690. The van der Waals surface area contributed by atoms with Crippen molar-refractivity contribution >= 4 is 0 Å². The molecule has 1 aromatic rings. The molecule has 2 rings (SSSR count). The first kappa shape index (κ1) is 14.4. The van der Waals surface area contributed by atoms with E-state index in [4.69, 9.17) is 4.74 Å². The van der Waals surface area contributed by atoms with Crippen molar-refractivity contribution in [2.45, 2.75) is 45.4 Å². The molecule has 1 saturated heterocycles. The van der Waals surface area contributed by atoms with Crippen LogP contribution in [0.4, 0.5) is 0 Å². The van der Waals surface area contributed by atoms with Crippen LogP contribution in [0.5, 0.6) is 5.75 Å². The van der Waals surface area contributed by atoms with Crippen LogP contribution in [0.25, 0.3) is 0 Å². The van der Waals surface area contributed by atoms with Crippen molar-refractivity contribution in [3.05, 3.63) is 29.8 Å². The third-order valence-corrected chi connectivity index (χ3v) is 3.80. The molecule has 19 heavy (non-hydrogen) atoms. The van der Waals surface area contributed by atoms with E-state index in [9.17, 15) is 0 Å². The molecular weight excluding hydrogens is 234 g/mol. The minimum Gasteiger partial charge on any atom is -0.494 e. The Hall–Kier alpha value is -1.02. The molecule has 1 aromatic carbocycles. The molecular formula is C17H27NO. The molecule has 0 aliphatic carbocycles. The topological polar surface area (TPSA) is 12.5 Å². The van der Waals surface area contributed by atoms with Crippen molar-refractivity contribution < 1.29 is 4.74 Å². The molecule has 0 spiro atoms. The van der Waals surface area contributed by atoms with Gasteiger partial charge in [0.05, 0.1) is 6.61 Å². The lowest BCUT2D eigenvalue weighted by atomic mass is 10.1. The smallest absolute Gasteiger partial charge is 0.119 e. The molecule has 1 aliphatic rings. The number of hydrogen-bond acceptors (Lipinski definition) is 2. The lowest BCUT2D eigenvalue weighted by Gasteiger charge is -2.26. The Morgan fingerprint density at radius 2 is 1.79 bits per heavy atom. The van der Waals surface area contributed by atoms with Crippen molar-refractivity contribution in [2.24, 2.45) is 0 Å². The van der Waals surface area contributed by atoms with Gasteiger partial charge in [-0.2, -0.15) is 0 Å². The number of aryl methyl sites for hydroxylation is 1. The monoisotopic (exact) mass is 261 g/mol. The van der Waals surface area contributed by atoms with E-state index in [0.29, 0.717) is 0 Å². The highest BCUT2D eigenvalue weighted by atomic mass is 16.5. The highest BCUT2D eigenvalue weighted by Crippen LogP contribution is 2.14. The van der Waals surface area contributed by atoms with Gasteiger partial charge in [0.1, 0.15) is 5.75 Å². The predicted molar refractivity (Wildman–Crippen MR) is 80.8 cm³/mol. The highest BCUT2D eigenvalue weighted by Gasteiger charge is 2.08. The molecule has 1 fully saturated rings. The maximum Gasteiger partial charge on any atom is 0.119 e. The first-order chi connectivity index (χ1) is 9.38. The molecule has 0 radical (unpaired) electrons. The summed E-state index contributed by atoms with van der Waals surface area (Å²) in [4.78, 5) is 2.57. The molecule has 0 saturated carbocycles. The maximum absolute atomic E-state index is 5.80. The number of piperidine rings is 1. The van der Waals surface area contributed by atoms with Crippen LogP contribution in [-0.4, -0.2) is 31.1 Å². The van der Waals surface area contributed by atoms with E-state index < -0.39 is 0 Å². The van der Waals surface area contributed by atoms with Crippen molar-refractivity contribution in [1.82, 2.24) is 4.90 Å². The minimum atomic E-state index is 0.837. The molecule has 1 heterocycles. The lowest BCUT2D eigenvalue weighted by molar-refractivity contribution is 0.205. The van der Waals surface area contributed by atoms with Crippen LogP contribution >= 0.6 is 0 Å². The lowest BCUT2D eigenvalue weighted by Crippen LogP contribution is -2.31. The Morgan fingerprint density at radius 3 is 2.47 bits per heavy atom. The Labute approximate surface area is 117 Å². The summed E-state index contributed by atoms with van der Waals surface area (Å²) in [6.45, 7) is 6.81. The Bertz CT molecular complexity index is 341. The van der Waals surface area contributed by atoms with E-state index in [1.54, 1.807) is 0 Å². The fourth-order valence-electron chi connectivity index (χ4n) is 2.70. The summed E-state index contributed by atoms with van der Waals surface area (Å²) in [6, 6.07) is 8.57. The van der Waals surface area contributed by atoms with Gasteiger partial charge in [0.25, 0.3) is 0 Å². The van der Waals surface area contributed by atoms with Gasteiger partial charge in [-0.1, -0.05) is 31.9 Å². The van der Waals surface area contributed by atoms with Gasteiger partial charge in [-0.05, 0) is 56.5 Å². The van der Waals surface area contributed by atoms with E-state index in [1.165, 1.54) is 50.9 Å². The van der Waals surface area contributed by atoms with E-state index in [2.05, 4.69) is 36.1 Å². The fourth-order valence-corrected chi connectivity index (χ4v) is 2.70. The standard InChI is InChI=1S/C17H27NO/c1-2-7-16-8-10-17(11-9-16)19-15-6-14-18-12-4-3-5-13-18/h8-11H,2-7,12-15H2,1H3. The second kappa shape index (κ2) is 8.21. The van der Waals surface area contributed by atoms with E-state index in [0.717, 1.165) is 25.2 Å². The number of ether oxygens (including phenoxy) is 1. The van der Waals surface area contributed by atoms with Crippen molar-refractivity contribution in [2.75, 3.05) is 26.2 Å². The van der Waals surface area contributed by atoms with Gasteiger partial charge in [0.2, 0.25) is 0 Å². The molecule has 0 amide bonds. The van der Waals surface area contributed by atoms with Crippen LogP contribution in [-0.2, 0) is 6.42 Å². The molecule has 106 valence electrons. The second-order valence-corrected chi connectivity index (χ2v) is 5.50. The normalized spacial score (nSPS) is 16.5. The van der Waals surface area contributed by atoms with Gasteiger partial charge in [0, 0.05) is 6.54 Å². The molecule has 0 bridgehead atoms. The summed E-state index contributed by atoms with van der Waals surface area (Å²) in [7, 11) is 0. The van der Waals surface area contributed by atoms with E-state index in [1.807, 2.05) is 0 Å². The maximum atomic E-state index is 5.80. The van der Waals surface area contributed by atoms with Crippen LogP contribution in [0, 0.1) is 0 Å². The minimum absolute atomic E-state index is 0.837. The van der Waals surface area contributed by atoms with Crippen LogP contribution in [0.2, 0.25) is 0 Å². The molecule has 0 N–H and O–H groups in total. The second-order valence-electron chi connectivity index (χ2n) is 5.50. The molecule has 0 unspecified atom stereocenters. The molecule has 0 atom stereocenters. The Morgan fingerprint density at radius 1 is 1.05 bits per heavy atom. The summed E-state index contributed by atoms with van der Waals surface area (Å²) in [5.74, 6) is 1.01. The predicted octanol–water partition coefficient (Wildman–Crippen LogP) is 3.89. The van der Waals surface area contributed by atoms with Crippen molar-refractivity contribution in [3.8, 4) is 5.75 Å². The largest absolute Gasteiger partial charge is 0.494 e. The van der Waals surface area contributed by atoms with Crippen LogP contribution in [0.3, 0.4) is 0 Å². The van der Waals surface area contributed by atoms with Gasteiger partial charge >= 0.3 is 0 Å². The summed E-state index contributed by atoms with van der Waals surface area (Å²) < 4.78 is 5.80. The average Bonchev–Trinajstić information content (AvgIpc) is 2.47. The van der Waals surface area contributed by atoms with E-state index in [-0.39, 0.29) is 0 Å². The van der Waals surface area contributed by atoms with Crippen LogP contribution in [0.1, 0.15) is 44.6 Å². The van der Waals surface area contributed by atoms with Gasteiger partial charge in [-0.3, -0.25) is 0 Å². The van der Waals surface area contributed by atoms with Crippen LogP contribution in [0.15, 0.2) is 24.3 Å². The van der Waals surface area contributed by atoms with Crippen LogP contribution < -0.4 is 4.74 Å². The molecule has 2 nitrogen and oxygen atoms in total. The summed E-state index contributed by atoms with van der Waals surface area (Å²) in [5.41, 5.74) is 1.41. The summed E-state index contributed by atoms with van der Waals surface area (Å²) in [6.07, 6.45) is 7.67. The number of rotatable bonds is 7. The summed E-state index contributed by atoms with van der Waals surface area (Å²) >= 11 is 0. The number of benzene rings is 1. The number of likely N-dealkylation sites (tertiary alicyclic amines) is 1. The number of hydrogen-bond donors (Lipinski definition) is 0. The SMILES string of the molecule is CCCc1ccc(OCCCN2CCCCC2)cc1. The fraction of sp³-hybridized carbons (Fsp3) is 0.647. The third kappa shape index (κ3) is 5.23. The van der Waals surface area contributed by atoms with Gasteiger partial charge in [0.15, 0.2) is 0 Å². The number of nitrogens with zero attached hydrogens (tertiary/aromatic N) is 1. The highest BCUT2D eigenvalue weighted by molar-refractivity contribution is 5.27. The Kier molecular flexibility index (Phi) is 6.22. The molecule has 1 aliphatic heterocycles. The van der Waals surface area contributed by atoms with E-state index >= 15 is 0 Å². The van der Waals surface area contributed by atoms with Gasteiger partial charge in [-0.25, -0.2) is 0 Å². The average molecular weight is 261 g/mol. The molecule has 0 aromatic heterocycles. The van der Waals surface area contributed by atoms with Gasteiger partial charge < -0.3 is 9.64 Å². The zero-order valence-corrected chi connectivity index (χ0v) is 12.2. The van der Waals surface area contributed by atoms with Crippen molar-refractivity contribution in [1.29, 1.82) is 0 Å². The Balaban J connectivity index is 1.62. The third-order valence-electron chi connectivity index (χ3n) is 3.80. The van der Waals surface area contributed by atoms with Gasteiger partial charge in [-0.15, -0.1) is 0 Å². The zero-order valence-electron chi connectivity index (χ0n) is 12.2. The van der Waals surface area contributed by atoms with Crippen molar-refractivity contribution in [3.63, 3.8) is 0 Å². The zero-order chi connectivity index (χ0) is 13.3. The summed E-state index contributed by atoms with van der Waals surface area (Å²) in [5, 5.41) is 0.